The first-order valence-electron chi connectivity index (χ1n) is 8.73. The molecule has 0 atom stereocenters. The number of carbonyl (C=O) groups excluding carboxylic acids is 1. The van der Waals surface area contributed by atoms with Crippen LogP contribution in [0.3, 0.4) is 0 Å². The lowest BCUT2D eigenvalue weighted by molar-refractivity contribution is -0.121. The maximum Gasteiger partial charge on any atom is 0.261 e. The summed E-state index contributed by atoms with van der Waals surface area (Å²) < 4.78 is 12.1. The molecule has 0 unspecified atom stereocenters. The number of hydrogen-bond donors (Lipinski definition) is 1. The van der Waals surface area contributed by atoms with Gasteiger partial charge in [0.1, 0.15) is 6.54 Å². The molecule has 0 spiro atoms. The summed E-state index contributed by atoms with van der Waals surface area (Å²) in [5, 5.41) is 3.65. The molecule has 146 valence electrons. The predicted molar refractivity (Wildman–Crippen MR) is 107 cm³/mol. The quantitative estimate of drug-likeness (QED) is 0.658. The van der Waals surface area contributed by atoms with E-state index < -0.39 is 0 Å². The number of carbonyl (C=O) groups is 1. The second-order valence-electron chi connectivity index (χ2n) is 6.01. The van der Waals surface area contributed by atoms with E-state index in [4.69, 9.17) is 21.1 Å². The van der Waals surface area contributed by atoms with Gasteiger partial charge in [-0.2, -0.15) is 0 Å². The molecule has 3 rings (SSSR count). The van der Waals surface area contributed by atoms with Gasteiger partial charge in [0.25, 0.3) is 5.56 Å². The number of fused-ring (bicyclic) bond motifs is 1. The number of methoxy groups -OCH3 is 1. The van der Waals surface area contributed by atoms with Crippen molar-refractivity contribution in [2.75, 3.05) is 13.7 Å². The molecular formula is C20H20ClN3O4. The van der Waals surface area contributed by atoms with Crippen molar-refractivity contribution < 1.29 is 14.3 Å². The summed E-state index contributed by atoms with van der Waals surface area (Å²) >= 11 is 6.24. The Kier molecular flexibility index (Phi) is 6.16. The zero-order chi connectivity index (χ0) is 20.1. The van der Waals surface area contributed by atoms with Gasteiger partial charge in [0.05, 0.1) is 36.0 Å². The molecule has 1 heterocycles. The summed E-state index contributed by atoms with van der Waals surface area (Å²) in [7, 11) is 1.52. The molecule has 7 nitrogen and oxygen atoms in total. The van der Waals surface area contributed by atoms with E-state index in [1.165, 1.54) is 18.0 Å². The molecule has 1 amide bonds. The number of ether oxygens (including phenoxy) is 2. The summed E-state index contributed by atoms with van der Waals surface area (Å²) in [5.74, 6) is 0.646. The molecule has 3 aromatic rings. The van der Waals surface area contributed by atoms with Crippen LogP contribution in [0.1, 0.15) is 12.5 Å². The highest BCUT2D eigenvalue weighted by Gasteiger charge is 2.13. The summed E-state index contributed by atoms with van der Waals surface area (Å²) in [5.41, 5.74) is 1.09. The highest BCUT2D eigenvalue weighted by Crippen LogP contribution is 2.36. The van der Waals surface area contributed by atoms with Crippen molar-refractivity contribution in [2.45, 2.75) is 20.0 Å². The molecule has 2 aromatic carbocycles. The standard InChI is InChI=1S/C20H20ClN3O4/c1-3-28-19-15(21)8-13(9-17(19)27-2)10-22-18(25)11-24-12-23-16-7-5-4-6-14(16)20(24)26/h4-9,12H,3,10-11H2,1-2H3,(H,22,25). The second-order valence-corrected chi connectivity index (χ2v) is 6.42. The van der Waals surface area contributed by atoms with Gasteiger partial charge in [-0.3, -0.25) is 14.2 Å². The Balaban J connectivity index is 1.70. The largest absolute Gasteiger partial charge is 0.493 e. The molecule has 0 radical (unpaired) electrons. The first-order chi connectivity index (χ1) is 13.5. The number of hydrogen-bond acceptors (Lipinski definition) is 5. The van der Waals surface area contributed by atoms with Crippen LogP contribution in [0, 0.1) is 0 Å². The number of aromatic nitrogens is 2. The van der Waals surface area contributed by atoms with Gasteiger partial charge in [0.15, 0.2) is 11.5 Å². The zero-order valence-corrected chi connectivity index (χ0v) is 16.3. The normalized spacial score (nSPS) is 10.7. The lowest BCUT2D eigenvalue weighted by Crippen LogP contribution is -2.32. The van der Waals surface area contributed by atoms with Gasteiger partial charge in [-0.1, -0.05) is 23.7 Å². The van der Waals surface area contributed by atoms with Gasteiger partial charge in [-0.05, 0) is 36.8 Å². The van der Waals surface area contributed by atoms with Crippen LogP contribution < -0.4 is 20.3 Å². The van der Waals surface area contributed by atoms with Crippen LogP contribution in [0.5, 0.6) is 11.5 Å². The van der Waals surface area contributed by atoms with Crippen molar-refractivity contribution in [2.24, 2.45) is 0 Å². The van der Waals surface area contributed by atoms with Gasteiger partial charge < -0.3 is 14.8 Å². The lowest BCUT2D eigenvalue weighted by atomic mass is 10.2. The van der Waals surface area contributed by atoms with E-state index in [2.05, 4.69) is 10.3 Å². The van der Waals surface area contributed by atoms with Crippen molar-refractivity contribution in [3.63, 3.8) is 0 Å². The number of nitrogens with zero attached hydrogens (tertiary/aromatic N) is 2. The highest BCUT2D eigenvalue weighted by molar-refractivity contribution is 6.32. The fourth-order valence-corrected chi connectivity index (χ4v) is 3.08. The van der Waals surface area contributed by atoms with E-state index >= 15 is 0 Å². The minimum Gasteiger partial charge on any atom is -0.493 e. The van der Waals surface area contributed by atoms with Gasteiger partial charge in [-0.15, -0.1) is 0 Å². The maximum atomic E-state index is 12.5. The van der Waals surface area contributed by atoms with Crippen molar-refractivity contribution in [3.05, 3.63) is 63.7 Å². The Morgan fingerprint density at radius 1 is 1.29 bits per heavy atom. The van der Waals surface area contributed by atoms with Crippen molar-refractivity contribution in [1.82, 2.24) is 14.9 Å². The Morgan fingerprint density at radius 2 is 2.07 bits per heavy atom. The molecule has 0 aliphatic heterocycles. The molecular weight excluding hydrogens is 382 g/mol. The van der Waals surface area contributed by atoms with Crippen LogP contribution in [-0.2, 0) is 17.9 Å². The fourth-order valence-electron chi connectivity index (χ4n) is 2.79. The van der Waals surface area contributed by atoms with E-state index in [0.29, 0.717) is 34.0 Å². The molecule has 0 saturated heterocycles. The highest BCUT2D eigenvalue weighted by atomic mass is 35.5. The Bertz CT molecular complexity index is 1060. The first kappa shape index (κ1) is 19.7. The van der Waals surface area contributed by atoms with Gasteiger partial charge in [0, 0.05) is 6.54 Å². The van der Waals surface area contributed by atoms with Crippen LogP contribution in [0.25, 0.3) is 10.9 Å². The summed E-state index contributed by atoms with van der Waals surface area (Å²) in [4.78, 5) is 29.0. The van der Waals surface area contributed by atoms with E-state index in [9.17, 15) is 9.59 Å². The number of rotatable bonds is 7. The third-order valence-electron chi connectivity index (χ3n) is 4.11. The fraction of sp³-hybridized carbons (Fsp3) is 0.250. The molecule has 0 aliphatic rings. The van der Waals surface area contributed by atoms with E-state index in [1.807, 2.05) is 13.0 Å². The molecule has 0 fully saturated rings. The predicted octanol–water partition coefficient (Wildman–Crippen LogP) is 2.77. The Hall–Kier alpha value is -3.06. The van der Waals surface area contributed by atoms with Crippen molar-refractivity contribution in [1.29, 1.82) is 0 Å². The average Bonchev–Trinajstić information content (AvgIpc) is 2.70. The third kappa shape index (κ3) is 4.26. The maximum absolute atomic E-state index is 12.5. The minimum atomic E-state index is -0.317. The number of halogens is 1. The third-order valence-corrected chi connectivity index (χ3v) is 4.39. The number of benzene rings is 2. The summed E-state index contributed by atoms with van der Waals surface area (Å²) in [6, 6.07) is 10.5. The Morgan fingerprint density at radius 3 is 2.82 bits per heavy atom. The minimum absolute atomic E-state index is 0.126. The smallest absolute Gasteiger partial charge is 0.261 e. The summed E-state index contributed by atoms with van der Waals surface area (Å²) in [6.07, 6.45) is 1.38. The average molecular weight is 402 g/mol. The van der Waals surface area contributed by atoms with Gasteiger partial charge in [0.2, 0.25) is 5.91 Å². The molecule has 0 bridgehead atoms. The van der Waals surface area contributed by atoms with Crippen LogP contribution >= 0.6 is 11.6 Å². The van der Waals surface area contributed by atoms with Crippen LogP contribution in [-0.4, -0.2) is 29.2 Å². The van der Waals surface area contributed by atoms with Crippen LogP contribution in [0.2, 0.25) is 5.02 Å². The molecule has 1 aromatic heterocycles. The van der Waals surface area contributed by atoms with Crippen molar-refractivity contribution in [3.8, 4) is 11.5 Å². The number of nitrogens with one attached hydrogen (secondary N) is 1. The second kappa shape index (κ2) is 8.75. The number of amides is 1. The van der Waals surface area contributed by atoms with E-state index in [0.717, 1.165) is 5.56 Å². The van der Waals surface area contributed by atoms with Gasteiger partial charge in [-0.25, -0.2) is 4.98 Å². The zero-order valence-electron chi connectivity index (χ0n) is 15.6. The molecule has 0 aliphatic carbocycles. The van der Waals surface area contributed by atoms with Gasteiger partial charge >= 0.3 is 0 Å². The van der Waals surface area contributed by atoms with E-state index in [1.54, 1.807) is 30.3 Å². The summed E-state index contributed by atoms with van der Waals surface area (Å²) in [6.45, 7) is 2.42. The molecule has 8 heteroatoms. The number of para-hydroxylation sites is 1. The van der Waals surface area contributed by atoms with Crippen LogP contribution in [0.4, 0.5) is 0 Å². The lowest BCUT2D eigenvalue weighted by Gasteiger charge is -2.14. The van der Waals surface area contributed by atoms with E-state index in [-0.39, 0.29) is 24.6 Å². The van der Waals surface area contributed by atoms with Crippen molar-refractivity contribution >= 4 is 28.4 Å². The molecule has 1 N–H and O–H groups in total. The Labute approximate surface area is 166 Å². The van der Waals surface area contributed by atoms with Crippen LogP contribution in [0.15, 0.2) is 47.5 Å². The first-order valence-corrected chi connectivity index (χ1v) is 9.11. The SMILES string of the molecule is CCOc1c(Cl)cc(CNC(=O)Cn2cnc3ccccc3c2=O)cc1OC. The topological polar surface area (TPSA) is 82.5 Å². The monoisotopic (exact) mass is 401 g/mol. The molecule has 0 saturated carbocycles. The molecule has 28 heavy (non-hydrogen) atoms.